The van der Waals surface area contributed by atoms with Crippen LogP contribution in [0.4, 0.5) is 11.4 Å². The predicted octanol–water partition coefficient (Wildman–Crippen LogP) is 5.07. The first kappa shape index (κ1) is 47.7. The van der Waals surface area contributed by atoms with E-state index in [1.807, 2.05) is 0 Å². The normalized spacial score (nSPS) is 11.4. The number of sulfone groups is 1. The fourth-order valence-electron chi connectivity index (χ4n) is 6.37. The van der Waals surface area contributed by atoms with E-state index in [-0.39, 0.29) is 53.0 Å². The van der Waals surface area contributed by atoms with Crippen molar-refractivity contribution in [2.45, 2.75) is 30.9 Å². The van der Waals surface area contributed by atoms with E-state index in [0.29, 0.717) is 115 Å². The first-order chi connectivity index (χ1) is 31.2. The lowest BCUT2D eigenvalue weighted by Crippen LogP contribution is -2.30. The van der Waals surface area contributed by atoms with E-state index in [1.165, 1.54) is 30.3 Å². The number of carbonyl (C=O) groups is 3. The van der Waals surface area contributed by atoms with E-state index in [1.54, 1.807) is 48.5 Å². The van der Waals surface area contributed by atoms with Crippen LogP contribution in [0.15, 0.2) is 97.7 Å². The fraction of sp³-hybridized carbons (Fsp3) is 0.295. The van der Waals surface area contributed by atoms with Crippen LogP contribution in [0, 0.1) is 0 Å². The van der Waals surface area contributed by atoms with Crippen molar-refractivity contribution in [1.82, 2.24) is 20.8 Å². The lowest BCUT2D eigenvalue weighted by atomic mass is 9.90. The summed E-state index contributed by atoms with van der Waals surface area (Å²) in [5, 5.41) is 39.4. The van der Waals surface area contributed by atoms with Crippen LogP contribution in [-0.2, 0) is 33.6 Å². The summed E-state index contributed by atoms with van der Waals surface area (Å²) in [5.74, 6) is -1.53. The number of carboxylic acid groups (broad SMARTS) is 1. The van der Waals surface area contributed by atoms with Crippen molar-refractivity contribution >= 4 is 67.3 Å². The van der Waals surface area contributed by atoms with Crippen LogP contribution in [0.2, 0.25) is 0 Å². The third kappa shape index (κ3) is 13.9. The van der Waals surface area contributed by atoms with Gasteiger partial charge in [0.2, 0.25) is 27.5 Å². The summed E-state index contributed by atoms with van der Waals surface area (Å²) in [5.41, 5.74) is 2.91. The largest absolute Gasteiger partial charge is 0.508 e. The Morgan fingerprint density at radius 3 is 2.05 bits per heavy atom. The summed E-state index contributed by atoms with van der Waals surface area (Å²) < 4.78 is 50.8. The van der Waals surface area contributed by atoms with E-state index in [9.17, 15) is 37.8 Å². The summed E-state index contributed by atoms with van der Waals surface area (Å²) >= 11 is 5.43. The predicted molar refractivity (Wildman–Crippen MR) is 243 cm³/mol. The van der Waals surface area contributed by atoms with Crippen molar-refractivity contribution < 1.29 is 56.1 Å². The summed E-state index contributed by atoms with van der Waals surface area (Å²) in [6, 6.07) is 20.0. The highest BCUT2D eigenvalue weighted by Crippen LogP contribution is 2.42. The number of thiocarbonyl (C=S) groups is 1. The Kier molecular flexibility index (Phi) is 16.7. The Bertz CT molecular complexity index is 2780. The molecule has 0 spiro atoms. The molecule has 6 N–H and O–H groups in total. The standard InChI is InChI=1S/C44H46N6O13S2/c1-65(57,58)44-50-49-41(63-44)27-4-6-28(7-5-27)47-39(54)15-14-38(53)45-16-2-18-59-20-22-61-23-21-60-19-3-17-46-43(64)48-29-8-11-32(35(24-29)42(55)56)40-33-12-9-30(51)25-36(33)62-37-26-31(52)10-13-34(37)40/h4-13,24-26,51H,2-3,14-23H2,1H3,(H,45,53)(H,47,54)(H,55,56)(H2,46,48,64). The summed E-state index contributed by atoms with van der Waals surface area (Å²) in [6.07, 6.45) is 2.19. The number of aromatic carboxylic acids is 1. The maximum atomic E-state index is 12.5. The number of phenolic OH excluding ortho intramolecular Hbond substituents is 1. The Morgan fingerprint density at radius 1 is 0.723 bits per heavy atom. The number of phenols is 1. The average Bonchev–Trinajstić information content (AvgIpc) is 3.78. The van der Waals surface area contributed by atoms with Gasteiger partial charge in [-0.1, -0.05) is 11.2 Å². The molecule has 6 rings (SSSR count). The highest BCUT2D eigenvalue weighted by atomic mass is 32.2. The third-order valence-corrected chi connectivity index (χ3v) is 10.5. The molecule has 0 saturated carbocycles. The SMILES string of the molecule is CS(=O)(=O)c1nnc(-c2ccc(NC(=O)CCC(=O)NCCCOCCOCCOCCCNC(=S)Nc3ccc(-c4c5ccc(=O)cc-5oc5cc(O)ccc45)c(C(=O)O)c3)cc2)o1. The maximum Gasteiger partial charge on any atom is 0.336 e. The molecular formula is C44H46N6O13S2. The molecule has 1 aromatic heterocycles. The Morgan fingerprint density at radius 2 is 1.37 bits per heavy atom. The molecule has 2 amide bonds. The topological polar surface area (TPSA) is 271 Å². The number of amides is 2. The Balaban J connectivity index is 0.780. The van der Waals surface area contributed by atoms with Crippen molar-refractivity contribution in [3.8, 4) is 39.7 Å². The number of ether oxygens (including phenoxy) is 3. The second-order valence-electron chi connectivity index (χ2n) is 14.4. The van der Waals surface area contributed by atoms with E-state index in [2.05, 4.69) is 31.5 Å². The third-order valence-electron chi connectivity index (χ3n) is 9.46. The molecule has 65 heavy (non-hydrogen) atoms. The van der Waals surface area contributed by atoms with Gasteiger partial charge in [0.1, 0.15) is 17.1 Å². The molecule has 342 valence electrons. The molecule has 1 aliphatic carbocycles. The number of aromatic hydroxyl groups is 1. The van der Waals surface area contributed by atoms with Crippen molar-refractivity contribution in [1.29, 1.82) is 0 Å². The minimum atomic E-state index is -3.63. The van der Waals surface area contributed by atoms with E-state index in [4.69, 9.17) is 35.3 Å². The molecule has 2 aliphatic rings. The van der Waals surface area contributed by atoms with Crippen molar-refractivity contribution in [3.05, 3.63) is 94.6 Å². The fourth-order valence-corrected chi connectivity index (χ4v) is 7.01. The van der Waals surface area contributed by atoms with Crippen LogP contribution in [-0.4, -0.2) is 111 Å². The van der Waals surface area contributed by atoms with Crippen molar-refractivity contribution in [3.63, 3.8) is 0 Å². The van der Waals surface area contributed by atoms with E-state index >= 15 is 0 Å². The van der Waals surface area contributed by atoms with Crippen LogP contribution in [0.3, 0.4) is 0 Å². The zero-order valence-corrected chi connectivity index (χ0v) is 36.7. The zero-order chi connectivity index (χ0) is 46.3. The number of anilines is 2. The first-order valence-corrected chi connectivity index (χ1v) is 22.6. The number of nitrogens with one attached hydrogen (secondary N) is 4. The number of fused-ring (bicyclic) bond motifs is 2. The van der Waals surface area contributed by atoms with Gasteiger partial charge in [0.05, 0.1) is 32.0 Å². The number of carboxylic acids is 1. The lowest BCUT2D eigenvalue weighted by molar-refractivity contribution is -0.124. The number of hydrogen-bond donors (Lipinski definition) is 6. The van der Waals surface area contributed by atoms with E-state index < -0.39 is 21.0 Å². The maximum absolute atomic E-state index is 12.5. The first-order valence-electron chi connectivity index (χ1n) is 20.3. The van der Waals surface area contributed by atoms with Gasteiger partial charge in [-0.2, -0.15) is 0 Å². The molecule has 2 heterocycles. The molecule has 0 fully saturated rings. The number of nitrogens with zero attached hydrogens (tertiary/aromatic N) is 2. The summed E-state index contributed by atoms with van der Waals surface area (Å²) in [7, 11) is -3.63. The molecule has 3 aromatic carbocycles. The molecule has 21 heteroatoms. The van der Waals surface area contributed by atoms with Crippen LogP contribution < -0.4 is 26.7 Å². The highest BCUT2D eigenvalue weighted by Gasteiger charge is 2.23. The van der Waals surface area contributed by atoms with Gasteiger partial charge in [0.15, 0.2) is 10.5 Å². The van der Waals surface area contributed by atoms with Gasteiger partial charge in [0, 0.05) is 91.0 Å². The van der Waals surface area contributed by atoms with Crippen LogP contribution in [0.1, 0.15) is 36.0 Å². The van der Waals surface area contributed by atoms with Crippen LogP contribution in [0.5, 0.6) is 5.75 Å². The molecule has 1 aliphatic heterocycles. The molecule has 0 saturated heterocycles. The molecule has 0 bridgehead atoms. The van der Waals surface area contributed by atoms with Gasteiger partial charge in [-0.15, -0.1) is 5.10 Å². The van der Waals surface area contributed by atoms with Gasteiger partial charge in [0.25, 0.3) is 0 Å². The summed E-state index contributed by atoms with van der Waals surface area (Å²) in [6.45, 7) is 3.29. The highest BCUT2D eigenvalue weighted by molar-refractivity contribution is 7.90. The number of hydrogen-bond acceptors (Lipinski definition) is 15. The van der Waals surface area contributed by atoms with Crippen molar-refractivity contribution in [2.75, 3.05) is 69.6 Å². The second-order valence-corrected chi connectivity index (χ2v) is 16.7. The van der Waals surface area contributed by atoms with Gasteiger partial charge in [-0.25, -0.2) is 13.2 Å². The second kappa shape index (κ2) is 22.7. The van der Waals surface area contributed by atoms with Crippen LogP contribution in [0.25, 0.3) is 44.9 Å². The summed E-state index contributed by atoms with van der Waals surface area (Å²) in [4.78, 5) is 49.1. The van der Waals surface area contributed by atoms with Gasteiger partial charge in [-0.05, 0) is 91.3 Å². The smallest absolute Gasteiger partial charge is 0.336 e. The molecular weight excluding hydrogens is 885 g/mol. The average molecular weight is 931 g/mol. The molecule has 4 aromatic rings. The number of rotatable bonds is 23. The van der Waals surface area contributed by atoms with E-state index in [0.717, 1.165) is 6.26 Å². The number of benzene rings is 4. The Labute approximate surface area is 377 Å². The minimum absolute atomic E-state index is 0.00517. The van der Waals surface area contributed by atoms with Crippen LogP contribution >= 0.6 is 12.2 Å². The monoisotopic (exact) mass is 930 g/mol. The zero-order valence-electron chi connectivity index (χ0n) is 35.1. The van der Waals surface area contributed by atoms with Gasteiger partial charge >= 0.3 is 11.2 Å². The lowest BCUT2D eigenvalue weighted by Gasteiger charge is -2.18. The molecule has 0 atom stereocenters. The van der Waals surface area contributed by atoms with Crippen molar-refractivity contribution in [2.24, 2.45) is 0 Å². The molecule has 0 unspecified atom stereocenters. The number of aromatic nitrogens is 2. The van der Waals surface area contributed by atoms with Gasteiger partial charge < -0.3 is 54.5 Å². The number of carbonyl (C=O) groups excluding carboxylic acids is 2. The minimum Gasteiger partial charge on any atom is -0.508 e. The quantitative estimate of drug-likeness (QED) is 0.0278. The molecule has 19 nitrogen and oxygen atoms in total. The molecule has 0 radical (unpaired) electrons. The Hall–Kier alpha value is -6.78. The van der Waals surface area contributed by atoms with Gasteiger partial charge in [-0.3, -0.25) is 14.4 Å².